The third-order valence-corrected chi connectivity index (χ3v) is 5.28. The van der Waals surface area contributed by atoms with Crippen molar-refractivity contribution in [1.82, 2.24) is 15.3 Å². The van der Waals surface area contributed by atoms with Gasteiger partial charge in [0.05, 0.1) is 5.03 Å². The lowest BCUT2D eigenvalue weighted by molar-refractivity contribution is 0.251. The smallest absolute Gasteiger partial charge is 0.116 e. The van der Waals surface area contributed by atoms with Crippen LogP contribution in [0.1, 0.15) is 33.1 Å². The molecule has 1 saturated carbocycles. The van der Waals surface area contributed by atoms with Crippen LogP contribution in [-0.4, -0.2) is 28.3 Å². The van der Waals surface area contributed by atoms with Crippen molar-refractivity contribution in [3.63, 3.8) is 0 Å². The van der Waals surface area contributed by atoms with Crippen LogP contribution in [-0.2, 0) is 0 Å². The third kappa shape index (κ3) is 3.45. The largest absolute Gasteiger partial charge is 0.316 e. The Bertz CT molecular complexity index is 355. The molecule has 0 aromatic carbocycles. The van der Waals surface area contributed by atoms with Gasteiger partial charge in [-0.25, -0.2) is 9.97 Å². The second-order valence-corrected chi connectivity index (χ2v) is 6.68. The number of hydrogen-bond donors (Lipinski definition) is 1. The van der Waals surface area contributed by atoms with E-state index in [1.54, 1.807) is 6.33 Å². The molecule has 3 nitrogen and oxygen atoms in total. The minimum atomic E-state index is 0.611. The Morgan fingerprint density at radius 3 is 2.83 bits per heavy atom. The fraction of sp³-hybridized carbons (Fsp3) is 0.714. The van der Waals surface area contributed by atoms with Crippen LogP contribution in [0.15, 0.2) is 23.6 Å². The maximum absolute atomic E-state index is 4.34. The van der Waals surface area contributed by atoms with Crippen molar-refractivity contribution >= 4 is 11.8 Å². The SMILES string of the molecule is CNC1CCC(C(C)C)CC1Sc1ccncn1. The molecule has 4 heteroatoms. The van der Waals surface area contributed by atoms with Gasteiger partial charge >= 0.3 is 0 Å². The van der Waals surface area contributed by atoms with Crippen molar-refractivity contribution in [3.05, 3.63) is 18.6 Å². The Hall–Kier alpha value is -0.610. The fourth-order valence-corrected chi connectivity index (χ4v) is 4.07. The summed E-state index contributed by atoms with van der Waals surface area (Å²) in [7, 11) is 2.08. The lowest BCUT2D eigenvalue weighted by Gasteiger charge is -2.37. The molecule has 0 radical (unpaired) electrons. The van der Waals surface area contributed by atoms with Crippen LogP contribution in [0.25, 0.3) is 0 Å². The van der Waals surface area contributed by atoms with Gasteiger partial charge in [-0.3, -0.25) is 0 Å². The molecule has 18 heavy (non-hydrogen) atoms. The number of rotatable bonds is 4. The quantitative estimate of drug-likeness (QED) is 0.849. The van der Waals surface area contributed by atoms with Gasteiger partial charge < -0.3 is 5.32 Å². The summed E-state index contributed by atoms with van der Waals surface area (Å²) in [6, 6.07) is 2.62. The Morgan fingerprint density at radius 1 is 1.39 bits per heavy atom. The van der Waals surface area contributed by atoms with Gasteiger partial charge in [-0.15, -0.1) is 11.8 Å². The highest BCUT2D eigenvalue weighted by molar-refractivity contribution is 7.99. The van der Waals surface area contributed by atoms with Crippen LogP contribution in [0.3, 0.4) is 0 Å². The molecule has 1 aromatic rings. The van der Waals surface area contributed by atoms with E-state index >= 15 is 0 Å². The molecule has 3 atom stereocenters. The number of hydrogen-bond acceptors (Lipinski definition) is 4. The molecule has 0 spiro atoms. The van der Waals surface area contributed by atoms with E-state index in [1.807, 2.05) is 24.0 Å². The second kappa shape index (κ2) is 6.53. The lowest BCUT2D eigenvalue weighted by atomic mass is 9.79. The highest BCUT2D eigenvalue weighted by atomic mass is 32.2. The molecule has 0 bridgehead atoms. The molecule has 100 valence electrons. The number of aromatic nitrogens is 2. The molecule has 3 unspecified atom stereocenters. The summed E-state index contributed by atoms with van der Waals surface area (Å²) in [5, 5.41) is 5.20. The summed E-state index contributed by atoms with van der Waals surface area (Å²) in [6.07, 6.45) is 7.38. The molecular weight excluding hydrogens is 242 g/mol. The summed E-state index contributed by atoms with van der Waals surface area (Å²) in [6.45, 7) is 4.69. The van der Waals surface area contributed by atoms with Crippen molar-refractivity contribution in [2.75, 3.05) is 7.05 Å². The van der Waals surface area contributed by atoms with Crippen LogP contribution >= 0.6 is 11.8 Å². The molecule has 0 saturated heterocycles. The predicted molar refractivity (Wildman–Crippen MR) is 76.7 cm³/mol. The van der Waals surface area contributed by atoms with Gasteiger partial charge in [0.15, 0.2) is 0 Å². The summed E-state index contributed by atoms with van der Waals surface area (Å²) in [5.41, 5.74) is 0. The van der Waals surface area contributed by atoms with Crippen LogP contribution in [0.5, 0.6) is 0 Å². The van der Waals surface area contributed by atoms with Crippen LogP contribution in [0.4, 0.5) is 0 Å². The highest BCUT2D eigenvalue weighted by Gasteiger charge is 2.31. The first kappa shape index (κ1) is 13.8. The maximum atomic E-state index is 4.34. The van der Waals surface area contributed by atoms with Crippen molar-refractivity contribution in [2.24, 2.45) is 11.8 Å². The van der Waals surface area contributed by atoms with Gasteiger partial charge in [-0.2, -0.15) is 0 Å². The molecule has 1 heterocycles. The molecule has 1 N–H and O–H groups in total. The zero-order valence-electron chi connectivity index (χ0n) is 11.5. The Kier molecular flexibility index (Phi) is 5.01. The number of nitrogens with one attached hydrogen (secondary N) is 1. The van der Waals surface area contributed by atoms with Gasteiger partial charge in [0.2, 0.25) is 0 Å². The van der Waals surface area contributed by atoms with E-state index < -0.39 is 0 Å². The van der Waals surface area contributed by atoms with Gasteiger partial charge in [-0.1, -0.05) is 13.8 Å². The molecule has 1 aromatic heterocycles. The monoisotopic (exact) mass is 265 g/mol. The maximum Gasteiger partial charge on any atom is 0.116 e. The topological polar surface area (TPSA) is 37.8 Å². The average Bonchev–Trinajstić information content (AvgIpc) is 2.39. The Labute approximate surface area is 114 Å². The average molecular weight is 265 g/mol. The van der Waals surface area contributed by atoms with Crippen molar-refractivity contribution in [1.29, 1.82) is 0 Å². The standard InChI is InChI=1S/C14H23N3S/c1-10(2)11-4-5-12(15-3)13(8-11)18-14-6-7-16-9-17-14/h6-7,9-13,15H,4-5,8H2,1-3H3. The molecule has 1 aliphatic carbocycles. The van der Waals surface area contributed by atoms with E-state index in [1.165, 1.54) is 19.3 Å². The van der Waals surface area contributed by atoms with E-state index in [0.717, 1.165) is 16.9 Å². The summed E-state index contributed by atoms with van der Waals surface area (Å²) < 4.78 is 0. The van der Waals surface area contributed by atoms with Gasteiger partial charge in [0.1, 0.15) is 6.33 Å². The first-order valence-corrected chi connectivity index (χ1v) is 7.68. The van der Waals surface area contributed by atoms with Crippen molar-refractivity contribution < 1.29 is 0 Å². The number of thioether (sulfide) groups is 1. The first-order valence-electron chi connectivity index (χ1n) is 6.80. The third-order valence-electron chi connectivity index (χ3n) is 3.97. The highest BCUT2D eigenvalue weighted by Crippen LogP contribution is 2.38. The van der Waals surface area contributed by atoms with Crippen LogP contribution < -0.4 is 5.32 Å². The lowest BCUT2D eigenvalue weighted by Crippen LogP contribution is -2.41. The van der Waals surface area contributed by atoms with E-state index in [9.17, 15) is 0 Å². The summed E-state index contributed by atoms with van der Waals surface area (Å²) in [4.78, 5) is 8.32. The van der Waals surface area contributed by atoms with Crippen LogP contribution in [0.2, 0.25) is 0 Å². The van der Waals surface area contributed by atoms with E-state index in [0.29, 0.717) is 11.3 Å². The molecular formula is C14H23N3S. The minimum Gasteiger partial charge on any atom is -0.316 e. The summed E-state index contributed by atoms with van der Waals surface area (Å²) >= 11 is 1.90. The first-order chi connectivity index (χ1) is 8.70. The van der Waals surface area contributed by atoms with E-state index in [-0.39, 0.29) is 0 Å². The zero-order valence-corrected chi connectivity index (χ0v) is 12.3. The normalized spacial score (nSPS) is 28.6. The zero-order chi connectivity index (χ0) is 13.0. The van der Waals surface area contributed by atoms with Gasteiger partial charge in [-0.05, 0) is 44.2 Å². The second-order valence-electron chi connectivity index (χ2n) is 5.42. The van der Waals surface area contributed by atoms with E-state index in [2.05, 4.69) is 36.2 Å². The molecule has 0 amide bonds. The van der Waals surface area contributed by atoms with Crippen LogP contribution in [0, 0.1) is 11.8 Å². The van der Waals surface area contributed by atoms with Crippen molar-refractivity contribution in [2.45, 2.75) is 49.4 Å². The molecule has 0 aliphatic heterocycles. The van der Waals surface area contributed by atoms with Gasteiger partial charge in [0.25, 0.3) is 0 Å². The number of nitrogens with zero attached hydrogens (tertiary/aromatic N) is 2. The molecule has 1 aliphatic rings. The summed E-state index contributed by atoms with van der Waals surface area (Å²) in [5.74, 6) is 1.64. The molecule has 2 rings (SSSR count). The Balaban J connectivity index is 2.02. The predicted octanol–water partition coefficient (Wildman–Crippen LogP) is 2.98. The van der Waals surface area contributed by atoms with Gasteiger partial charge in [0, 0.05) is 17.5 Å². The van der Waals surface area contributed by atoms with Crippen molar-refractivity contribution in [3.8, 4) is 0 Å². The minimum absolute atomic E-state index is 0.611. The Morgan fingerprint density at radius 2 is 2.22 bits per heavy atom. The van der Waals surface area contributed by atoms with E-state index in [4.69, 9.17) is 0 Å². The molecule has 1 fully saturated rings. The fourth-order valence-electron chi connectivity index (χ4n) is 2.73.